The van der Waals surface area contributed by atoms with Crippen LogP contribution in [-0.4, -0.2) is 5.78 Å². The first-order valence-electron chi connectivity index (χ1n) is 6.55. The van der Waals surface area contributed by atoms with E-state index in [1.54, 1.807) is 0 Å². The molecule has 2 nitrogen and oxygen atoms in total. The van der Waals surface area contributed by atoms with Crippen molar-refractivity contribution in [2.45, 2.75) is 32.4 Å². The summed E-state index contributed by atoms with van der Waals surface area (Å²) in [6.07, 6.45) is -2.42. The van der Waals surface area contributed by atoms with E-state index in [0.717, 1.165) is 18.6 Å². The molecule has 0 amide bonds. The van der Waals surface area contributed by atoms with Crippen LogP contribution < -0.4 is 5.73 Å². The van der Waals surface area contributed by atoms with Gasteiger partial charge in [0.15, 0.2) is 5.78 Å². The molecule has 1 aromatic rings. The Morgan fingerprint density at radius 2 is 2.05 bits per heavy atom. The molecule has 2 N–H and O–H groups in total. The van der Waals surface area contributed by atoms with E-state index in [-0.39, 0.29) is 22.8 Å². The van der Waals surface area contributed by atoms with E-state index in [2.05, 4.69) is 0 Å². The lowest BCUT2D eigenvalue weighted by Gasteiger charge is -2.10. The van der Waals surface area contributed by atoms with Crippen LogP contribution in [0, 0.1) is 5.92 Å². The zero-order chi connectivity index (χ0) is 14.9. The third-order valence-corrected chi connectivity index (χ3v) is 3.52. The standard InChI is InChI=1S/C15H16F3NO/c1-2-4-10-8-12(19)13(14(10)20)9-5-3-6-11(7-9)15(16,17)18/h3,5-7,10H,2,4,8,19H2,1H3. The van der Waals surface area contributed by atoms with Crippen LogP contribution in [0.5, 0.6) is 0 Å². The van der Waals surface area contributed by atoms with E-state index >= 15 is 0 Å². The second kappa shape index (κ2) is 5.31. The normalized spacial score (nSPS) is 19.8. The van der Waals surface area contributed by atoms with Gasteiger partial charge in [0.25, 0.3) is 0 Å². The molecule has 0 saturated carbocycles. The minimum absolute atomic E-state index is 0.135. The summed E-state index contributed by atoms with van der Waals surface area (Å²) in [6, 6.07) is 4.79. The molecule has 1 aliphatic rings. The number of rotatable bonds is 3. The van der Waals surface area contributed by atoms with Crippen molar-refractivity contribution in [3.63, 3.8) is 0 Å². The van der Waals surface area contributed by atoms with Crippen LogP contribution in [0.2, 0.25) is 0 Å². The highest BCUT2D eigenvalue weighted by Gasteiger charge is 2.34. The molecule has 1 atom stereocenters. The lowest BCUT2D eigenvalue weighted by molar-refractivity contribution is -0.137. The predicted octanol–water partition coefficient (Wildman–Crippen LogP) is 3.76. The quantitative estimate of drug-likeness (QED) is 0.917. The Kier molecular flexibility index (Phi) is 3.88. The number of carbonyl (C=O) groups excluding carboxylic acids is 1. The van der Waals surface area contributed by atoms with Crippen molar-refractivity contribution in [1.82, 2.24) is 0 Å². The number of hydrogen-bond acceptors (Lipinski definition) is 2. The summed E-state index contributed by atoms with van der Waals surface area (Å²) < 4.78 is 38.1. The van der Waals surface area contributed by atoms with Crippen molar-refractivity contribution >= 4 is 11.4 Å². The average Bonchev–Trinajstić information content (AvgIpc) is 2.64. The van der Waals surface area contributed by atoms with Crippen LogP contribution in [-0.2, 0) is 11.0 Å². The fourth-order valence-corrected chi connectivity index (χ4v) is 2.58. The Bertz CT molecular complexity index is 560. The van der Waals surface area contributed by atoms with Crippen LogP contribution in [0.4, 0.5) is 13.2 Å². The smallest absolute Gasteiger partial charge is 0.401 e. The van der Waals surface area contributed by atoms with Gasteiger partial charge in [-0.3, -0.25) is 4.79 Å². The number of alkyl halides is 3. The molecule has 20 heavy (non-hydrogen) atoms. The summed E-state index contributed by atoms with van der Waals surface area (Å²) in [6.45, 7) is 1.96. The number of benzene rings is 1. The molecule has 2 rings (SSSR count). The summed E-state index contributed by atoms with van der Waals surface area (Å²) in [5.74, 6) is -0.326. The van der Waals surface area contributed by atoms with Crippen molar-refractivity contribution in [2.24, 2.45) is 11.7 Å². The molecule has 0 heterocycles. The Morgan fingerprint density at radius 1 is 1.35 bits per heavy atom. The zero-order valence-electron chi connectivity index (χ0n) is 11.1. The molecule has 1 unspecified atom stereocenters. The van der Waals surface area contributed by atoms with Crippen molar-refractivity contribution in [3.8, 4) is 0 Å². The lowest BCUT2D eigenvalue weighted by atomic mass is 9.95. The molecule has 0 radical (unpaired) electrons. The number of Topliss-reactive ketones (excluding diaryl/α,β-unsaturated/α-hetero) is 1. The van der Waals surface area contributed by atoms with Gasteiger partial charge in [0.05, 0.1) is 5.56 Å². The second-order valence-corrected chi connectivity index (χ2v) is 5.03. The molecule has 0 spiro atoms. The third kappa shape index (κ3) is 2.71. The molecule has 0 aromatic heterocycles. The third-order valence-electron chi connectivity index (χ3n) is 3.52. The monoisotopic (exact) mass is 283 g/mol. The molecule has 1 aromatic carbocycles. The van der Waals surface area contributed by atoms with Gasteiger partial charge < -0.3 is 5.73 Å². The molecule has 1 aliphatic carbocycles. The van der Waals surface area contributed by atoms with E-state index in [0.29, 0.717) is 18.5 Å². The van der Waals surface area contributed by atoms with E-state index in [1.165, 1.54) is 12.1 Å². The van der Waals surface area contributed by atoms with Crippen LogP contribution in [0.3, 0.4) is 0 Å². The summed E-state index contributed by atoms with van der Waals surface area (Å²) in [7, 11) is 0. The highest BCUT2D eigenvalue weighted by molar-refractivity contribution is 6.24. The van der Waals surface area contributed by atoms with Gasteiger partial charge >= 0.3 is 6.18 Å². The zero-order valence-corrected chi connectivity index (χ0v) is 11.1. The maximum absolute atomic E-state index is 12.7. The minimum Gasteiger partial charge on any atom is -0.401 e. The van der Waals surface area contributed by atoms with Gasteiger partial charge in [-0.2, -0.15) is 13.2 Å². The van der Waals surface area contributed by atoms with Crippen molar-refractivity contribution < 1.29 is 18.0 Å². The van der Waals surface area contributed by atoms with Gasteiger partial charge in [-0.15, -0.1) is 0 Å². The van der Waals surface area contributed by atoms with Gasteiger partial charge in [0.1, 0.15) is 0 Å². The van der Waals surface area contributed by atoms with Gasteiger partial charge in [-0.25, -0.2) is 0 Å². The Hall–Kier alpha value is -1.78. The van der Waals surface area contributed by atoms with E-state index < -0.39 is 11.7 Å². The molecule has 5 heteroatoms. The van der Waals surface area contributed by atoms with Crippen molar-refractivity contribution in [2.75, 3.05) is 0 Å². The predicted molar refractivity (Wildman–Crippen MR) is 70.6 cm³/mol. The molecule has 0 saturated heterocycles. The van der Waals surface area contributed by atoms with Crippen molar-refractivity contribution in [3.05, 3.63) is 41.1 Å². The molecular weight excluding hydrogens is 267 g/mol. The molecule has 0 fully saturated rings. The first kappa shape index (κ1) is 14.6. The number of ketones is 1. The lowest BCUT2D eigenvalue weighted by Crippen LogP contribution is -2.10. The second-order valence-electron chi connectivity index (χ2n) is 5.03. The maximum Gasteiger partial charge on any atom is 0.416 e. The number of hydrogen-bond donors (Lipinski definition) is 1. The van der Waals surface area contributed by atoms with Crippen molar-refractivity contribution in [1.29, 1.82) is 0 Å². The fraction of sp³-hybridized carbons (Fsp3) is 0.400. The Labute approximate surface area is 115 Å². The summed E-state index contributed by atoms with van der Waals surface area (Å²) in [4.78, 5) is 12.2. The Morgan fingerprint density at radius 3 is 2.65 bits per heavy atom. The molecular formula is C15H16F3NO. The minimum atomic E-state index is -4.42. The summed E-state index contributed by atoms with van der Waals surface area (Å²) in [5, 5.41) is 0. The highest BCUT2D eigenvalue weighted by atomic mass is 19.4. The molecule has 0 aliphatic heterocycles. The van der Waals surface area contributed by atoms with Crippen LogP contribution in [0.25, 0.3) is 5.57 Å². The summed E-state index contributed by atoms with van der Waals surface area (Å²) in [5.41, 5.74) is 6.02. The fourth-order valence-electron chi connectivity index (χ4n) is 2.58. The first-order chi connectivity index (χ1) is 9.34. The van der Waals surface area contributed by atoms with Crippen LogP contribution >= 0.6 is 0 Å². The maximum atomic E-state index is 12.7. The number of carbonyl (C=O) groups is 1. The first-order valence-corrected chi connectivity index (χ1v) is 6.55. The highest BCUT2D eigenvalue weighted by Crippen LogP contribution is 2.37. The average molecular weight is 283 g/mol. The number of halogens is 3. The van der Waals surface area contributed by atoms with Crippen LogP contribution in [0.15, 0.2) is 30.0 Å². The number of nitrogens with two attached hydrogens (primary N) is 1. The SMILES string of the molecule is CCCC1CC(N)=C(c2cccc(C(F)(F)F)c2)C1=O. The molecule has 0 bridgehead atoms. The van der Waals surface area contributed by atoms with Gasteiger partial charge in [-0.05, 0) is 30.5 Å². The molecule has 108 valence electrons. The van der Waals surface area contributed by atoms with Gasteiger partial charge in [-0.1, -0.05) is 25.5 Å². The van der Waals surface area contributed by atoms with Gasteiger partial charge in [0.2, 0.25) is 0 Å². The van der Waals surface area contributed by atoms with Gasteiger partial charge in [0, 0.05) is 17.2 Å². The van der Waals surface area contributed by atoms with E-state index in [4.69, 9.17) is 5.73 Å². The van der Waals surface area contributed by atoms with Crippen LogP contribution in [0.1, 0.15) is 37.3 Å². The summed E-state index contributed by atoms with van der Waals surface area (Å²) >= 11 is 0. The van der Waals surface area contributed by atoms with E-state index in [1.807, 2.05) is 6.92 Å². The Balaban J connectivity index is 2.37. The largest absolute Gasteiger partial charge is 0.416 e. The number of allylic oxidation sites excluding steroid dienone is 2. The van der Waals surface area contributed by atoms with E-state index in [9.17, 15) is 18.0 Å². The topological polar surface area (TPSA) is 43.1 Å².